The third-order valence-electron chi connectivity index (χ3n) is 3.26. The molecule has 19 heavy (non-hydrogen) atoms. The maximum absolute atomic E-state index is 11.9. The highest BCUT2D eigenvalue weighted by atomic mass is 16.4. The van der Waals surface area contributed by atoms with Crippen molar-refractivity contribution in [3.8, 4) is 0 Å². The molecule has 3 rings (SSSR count). The number of benzene rings is 1. The van der Waals surface area contributed by atoms with E-state index in [9.17, 15) is 9.59 Å². The van der Waals surface area contributed by atoms with Gasteiger partial charge in [0.1, 0.15) is 0 Å². The Labute approximate surface area is 109 Å². The van der Waals surface area contributed by atoms with Crippen LogP contribution in [0.1, 0.15) is 5.56 Å². The molecule has 2 N–H and O–H groups in total. The Morgan fingerprint density at radius 2 is 2.21 bits per heavy atom. The minimum atomic E-state index is -1.12. The zero-order valence-corrected chi connectivity index (χ0v) is 10.0. The second-order valence-corrected chi connectivity index (χ2v) is 4.46. The molecule has 5 heteroatoms. The molecular weight excluding hydrogens is 244 g/mol. The Morgan fingerprint density at radius 1 is 1.42 bits per heavy atom. The first-order valence-electron chi connectivity index (χ1n) is 5.94. The summed E-state index contributed by atoms with van der Waals surface area (Å²) in [6, 6.07) is 7.81. The number of rotatable bonds is 2. The summed E-state index contributed by atoms with van der Waals surface area (Å²) in [6.07, 6.45) is 4.60. The summed E-state index contributed by atoms with van der Waals surface area (Å²) in [5, 5.41) is 12.1. The molecule has 0 fully saturated rings. The Hall–Kier alpha value is -2.56. The van der Waals surface area contributed by atoms with Crippen LogP contribution >= 0.6 is 0 Å². The largest absolute Gasteiger partial charge is 0.480 e. The monoisotopic (exact) mass is 256 g/mol. The van der Waals surface area contributed by atoms with Crippen LogP contribution < -0.4 is 5.32 Å². The van der Waals surface area contributed by atoms with E-state index in [4.69, 9.17) is 5.11 Å². The van der Waals surface area contributed by atoms with Gasteiger partial charge in [-0.1, -0.05) is 18.2 Å². The van der Waals surface area contributed by atoms with E-state index in [1.54, 1.807) is 6.20 Å². The molecule has 1 aromatic carbocycles. The number of nitrogens with zero attached hydrogens (tertiary/aromatic N) is 1. The Kier molecular flexibility index (Phi) is 2.59. The lowest BCUT2D eigenvalue weighted by Crippen LogP contribution is -2.26. The summed E-state index contributed by atoms with van der Waals surface area (Å²) < 4.78 is 0. The third-order valence-corrected chi connectivity index (χ3v) is 3.26. The molecule has 0 saturated heterocycles. The number of carbonyl (C=O) groups excluding carboxylic acids is 1. The molecule has 1 amide bonds. The first-order valence-corrected chi connectivity index (χ1v) is 5.94. The van der Waals surface area contributed by atoms with Gasteiger partial charge in [0.15, 0.2) is 5.92 Å². The van der Waals surface area contributed by atoms with Gasteiger partial charge in [-0.2, -0.15) is 0 Å². The van der Waals surface area contributed by atoms with Gasteiger partial charge < -0.3 is 10.4 Å². The van der Waals surface area contributed by atoms with Crippen molar-refractivity contribution < 1.29 is 14.7 Å². The van der Waals surface area contributed by atoms with Crippen LogP contribution in [0.15, 0.2) is 42.7 Å². The molecule has 1 atom stereocenters. The number of carboxylic acid groups (broad SMARTS) is 1. The Bertz CT molecular complexity index is 619. The molecule has 96 valence electrons. The SMILES string of the molecule is O=C(O)C1C=CN(C=C2CNc3ccccc32)C1=O. The van der Waals surface area contributed by atoms with Crippen molar-refractivity contribution in [2.24, 2.45) is 5.92 Å². The van der Waals surface area contributed by atoms with E-state index >= 15 is 0 Å². The smallest absolute Gasteiger partial charge is 0.320 e. The van der Waals surface area contributed by atoms with Crippen molar-refractivity contribution in [2.75, 3.05) is 11.9 Å². The number of hydrogen-bond acceptors (Lipinski definition) is 3. The molecule has 0 radical (unpaired) electrons. The minimum Gasteiger partial charge on any atom is -0.480 e. The van der Waals surface area contributed by atoms with Gasteiger partial charge in [-0.15, -0.1) is 0 Å². The van der Waals surface area contributed by atoms with Crippen LogP contribution in [-0.2, 0) is 9.59 Å². The number of amides is 1. The zero-order valence-electron chi connectivity index (χ0n) is 10.0. The summed E-state index contributed by atoms with van der Waals surface area (Å²) in [5.41, 5.74) is 3.04. The summed E-state index contributed by atoms with van der Waals surface area (Å²) in [4.78, 5) is 24.1. The van der Waals surface area contributed by atoms with Crippen molar-refractivity contribution in [1.82, 2.24) is 4.90 Å². The molecular formula is C14H12N2O3. The molecule has 0 saturated carbocycles. The summed E-state index contributed by atoms with van der Waals surface area (Å²) >= 11 is 0. The number of hydrogen-bond donors (Lipinski definition) is 2. The first-order chi connectivity index (χ1) is 9.16. The van der Waals surface area contributed by atoms with Crippen molar-refractivity contribution >= 4 is 23.1 Å². The Balaban J connectivity index is 1.88. The van der Waals surface area contributed by atoms with Gasteiger partial charge >= 0.3 is 5.97 Å². The molecule has 0 aromatic heterocycles. The molecule has 0 spiro atoms. The minimum absolute atomic E-state index is 0.426. The van der Waals surface area contributed by atoms with E-state index in [-0.39, 0.29) is 0 Å². The highest BCUT2D eigenvalue weighted by Gasteiger charge is 2.32. The van der Waals surface area contributed by atoms with Crippen molar-refractivity contribution in [1.29, 1.82) is 0 Å². The van der Waals surface area contributed by atoms with E-state index in [2.05, 4.69) is 5.32 Å². The van der Waals surface area contributed by atoms with Gasteiger partial charge in [0.2, 0.25) is 5.91 Å². The van der Waals surface area contributed by atoms with E-state index in [0.717, 1.165) is 16.8 Å². The van der Waals surface area contributed by atoms with Gasteiger partial charge in [0.25, 0.3) is 0 Å². The second kappa shape index (κ2) is 4.28. The number of carbonyl (C=O) groups is 2. The average molecular weight is 256 g/mol. The number of para-hydroxylation sites is 1. The maximum Gasteiger partial charge on any atom is 0.320 e. The molecule has 2 heterocycles. The van der Waals surface area contributed by atoms with Crippen LogP contribution in [0.3, 0.4) is 0 Å². The number of aliphatic carboxylic acids is 1. The van der Waals surface area contributed by atoms with Crippen molar-refractivity contribution in [3.05, 3.63) is 48.3 Å². The predicted molar refractivity (Wildman–Crippen MR) is 70.0 cm³/mol. The van der Waals surface area contributed by atoms with Crippen LogP contribution in [0, 0.1) is 5.92 Å². The van der Waals surface area contributed by atoms with Crippen LogP contribution in [-0.4, -0.2) is 28.4 Å². The number of nitrogens with one attached hydrogen (secondary N) is 1. The topological polar surface area (TPSA) is 69.6 Å². The highest BCUT2D eigenvalue weighted by Crippen LogP contribution is 2.31. The van der Waals surface area contributed by atoms with E-state index in [1.807, 2.05) is 24.3 Å². The van der Waals surface area contributed by atoms with Crippen LogP contribution in [0.5, 0.6) is 0 Å². The van der Waals surface area contributed by atoms with Crippen LogP contribution in [0.4, 0.5) is 5.69 Å². The van der Waals surface area contributed by atoms with E-state index < -0.39 is 17.8 Å². The van der Waals surface area contributed by atoms with E-state index in [0.29, 0.717) is 6.54 Å². The Morgan fingerprint density at radius 3 is 2.95 bits per heavy atom. The normalized spacial score (nSPS) is 22.7. The lowest BCUT2D eigenvalue weighted by molar-refractivity contribution is -0.145. The second-order valence-electron chi connectivity index (χ2n) is 4.46. The number of fused-ring (bicyclic) bond motifs is 1. The maximum atomic E-state index is 11.9. The van der Waals surface area contributed by atoms with E-state index in [1.165, 1.54) is 17.2 Å². The van der Waals surface area contributed by atoms with Crippen molar-refractivity contribution in [3.63, 3.8) is 0 Å². The quantitative estimate of drug-likeness (QED) is 0.787. The van der Waals surface area contributed by atoms with Crippen LogP contribution in [0.2, 0.25) is 0 Å². The number of anilines is 1. The fraction of sp³-hybridized carbons (Fsp3) is 0.143. The highest BCUT2D eigenvalue weighted by molar-refractivity contribution is 6.02. The summed E-state index contributed by atoms with van der Waals surface area (Å²) in [5.74, 6) is -2.61. The zero-order chi connectivity index (χ0) is 13.4. The fourth-order valence-electron chi connectivity index (χ4n) is 2.28. The van der Waals surface area contributed by atoms with Gasteiger partial charge in [0, 0.05) is 30.2 Å². The van der Waals surface area contributed by atoms with Crippen molar-refractivity contribution in [2.45, 2.75) is 0 Å². The lowest BCUT2D eigenvalue weighted by Gasteiger charge is -2.11. The summed E-state index contributed by atoms with van der Waals surface area (Å²) in [7, 11) is 0. The number of carboxylic acids is 1. The lowest BCUT2D eigenvalue weighted by atomic mass is 10.1. The average Bonchev–Trinajstić information content (AvgIpc) is 2.96. The molecule has 1 unspecified atom stereocenters. The first kappa shape index (κ1) is 11.5. The molecule has 2 aliphatic rings. The van der Waals surface area contributed by atoms with Gasteiger partial charge in [-0.25, -0.2) is 0 Å². The van der Waals surface area contributed by atoms with Gasteiger partial charge in [-0.3, -0.25) is 14.5 Å². The molecule has 0 aliphatic carbocycles. The summed E-state index contributed by atoms with van der Waals surface area (Å²) in [6.45, 7) is 0.634. The molecule has 1 aromatic rings. The fourth-order valence-corrected chi connectivity index (χ4v) is 2.28. The molecule has 5 nitrogen and oxygen atoms in total. The van der Waals surface area contributed by atoms with Gasteiger partial charge in [-0.05, 0) is 17.7 Å². The van der Waals surface area contributed by atoms with Crippen LogP contribution in [0.25, 0.3) is 5.57 Å². The predicted octanol–water partition coefficient (Wildman–Crippen LogP) is 1.51. The van der Waals surface area contributed by atoms with Gasteiger partial charge in [0.05, 0.1) is 0 Å². The molecule has 0 bridgehead atoms. The third kappa shape index (κ3) is 1.89. The molecule has 2 aliphatic heterocycles. The standard InChI is InChI=1S/C14H12N2O3/c17-13-11(14(18)19)5-6-16(13)8-9-7-15-12-4-2-1-3-10(9)12/h1-6,8,11,15H,7H2,(H,18,19).